The molecule has 20 heavy (non-hydrogen) atoms. The summed E-state index contributed by atoms with van der Waals surface area (Å²) < 4.78 is 2.14. The second-order valence-electron chi connectivity index (χ2n) is 4.75. The maximum absolute atomic E-state index is 5.89. The molecule has 0 radical (unpaired) electrons. The number of hydrogen-bond donors (Lipinski definition) is 0. The molecule has 3 heterocycles. The number of imidazole rings is 1. The highest BCUT2D eigenvalue weighted by atomic mass is 35.5. The van der Waals surface area contributed by atoms with Crippen LogP contribution in [0.1, 0.15) is 21.3 Å². The zero-order chi connectivity index (χ0) is 14.1. The van der Waals surface area contributed by atoms with Crippen LogP contribution in [0, 0.1) is 13.8 Å². The molecule has 0 N–H and O–H groups in total. The number of hydrogen-bond acceptors (Lipinski definition) is 4. The number of alkyl halides is 1. The Morgan fingerprint density at radius 1 is 1.25 bits per heavy atom. The molecule has 0 amide bonds. The molecule has 0 atom stereocenters. The van der Waals surface area contributed by atoms with E-state index in [0.29, 0.717) is 5.88 Å². The molecule has 0 bridgehead atoms. The van der Waals surface area contributed by atoms with Crippen LogP contribution in [0.25, 0.3) is 11.2 Å². The Kier molecular flexibility index (Phi) is 3.72. The average molecular weight is 307 g/mol. The number of pyridine rings is 1. The molecular formula is C14H15ClN4S. The lowest BCUT2D eigenvalue weighted by Crippen LogP contribution is -2.05. The van der Waals surface area contributed by atoms with E-state index in [9.17, 15) is 0 Å². The van der Waals surface area contributed by atoms with Gasteiger partial charge in [0.25, 0.3) is 0 Å². The van der Waals surface area contributed by atoms with Gasteiger partial charge in [-0.3, -0.25) is 0 Å². The molecule has 3 aromatic rings. The van der Waals surface area contributed by atoms with Gasteiger partial charge in [-0.15, -0.1) is 22.9 Å². The Labute approximate surface area is 126 Å². The zero-order valence-electron chi connectivity index (χ0n) is 11.4. The van der Waals surface area contributed by atoms with Crippen molar-refractivity contribution in [2.24, 2.45) is 0 Å². The summed E-state index contributed by atoms with van der Waals surface area (Å²) in [6, 6.07) is 2.06. The van der Waals surface area contributed by atoms with E-state index in [-0.39, 0.29) is 0 Å². The highest BCUT2D eigenvalue weighted by molar-refractivity contribution is 7.11. The van der Waals surface area contributed by atoms with Crippen molar-refractivity contribution in [1.29, 1.82) is 0 Å². The Hall–Kier alpha value is -1.46. The molecule has 4 nitrogen and oxygen atoms in total. The summed E-state index contributed by atoms with van der Waals surface area (Å²) in [7, 11) is 0. The van der Waals surface area contributed by atoms with Crippen LogP contribution in [0.2, 0.25) is 0 Å². The molecular weight excluding hydrogens is 292 g/mol. The van der Waals surface area contributed by atoms with Crippen molar-refractivity contribution >= 4 is 34.1 Å². The van der Waals surface area contributed by atoms with Gasteiger partial charge in [0.2, 0.25) is 0 Å². The normalized spacial score (nSPS) is 11.3. The SMILES string of the molecule is Cc1cnc2c(c1)nc(CCCl)n2Cc1cnc(C)s1. The lowest BCUT2D eigenvalue weighted by molar-refractivity contribution is 0.755. The largest absolute Gasteiger partial charge is 0.307 e. The number of fused-ring (bicyclic) bond motifs is 1. The Balaban J connectivity index is 2.08. The molecule has 0 unspecified atom stereocenters. The molecule has 0 aliphatic rings. The minimum absolute atomic E-state index is 0.560. The maximum atomic E-state index is 5.89. The molecule has 0 saturated carbocycles. The van der Waals surface area contributed by atoms with Crippen molar-refractivity contribution in [2.45, 2.75) is 26.8 Å². The first kappa shape index (κ1) is 13.5. The number of aryl methyl sites for hydroxylation is 3. The van der Waals surface area contributed by atoms with Crippen molar-refractivity contribution in [1.82, 2.24) is 19.5 Å². The Morgan fingerprint density at radius 2 is 2.10 bits per heavy atom. The second-order valence-corrected chi connectivity index (χ2v) is 6.45. The van der Waals surface area contributed by atoms with Crippen LogP contribution in [0.3, 0.4) is 0 Å². The number of aromatic nitrogens is 4. The summed E-state index contributed by atoms with van der Waals surface area (Å²) in [6.07, 6.45) is 4.54. The predicted octanol–water partition coefficient (Wildman–Crippen LogP) is 3.33. The summed E-state index contributed by atoms with van der Waals surface area (Å²) in [5.41, 5.74) is 2.97. The third kappa shape index (κ3) is 2.55. The standard InChI is InChI=1S/C14H15ClN4S/c1-9-5-12-14(17-6-9)19(13(18-12)3-4-15)8-11-7-16-10(2)20-11/h5-7H,3-4,8H2,1-2H3. The monoisotopic (exact) mass is 306 g/mol. The molecule has 3 aromatic heterocycles. The van der Waals surface area contributed by atoms with E-state index in [2.05, 4.69) is 25.6 Å². The highest BCUT2D eigenvalue weighted by Gasteiger charge is 2.13. The third-order valence-corrected chi connectivity index (χ3v) is 4.19. The number of rotatable bonds is 4. The summed E-state index contributed by atoms with van der Waals surface area (Å²) in [5.74, 6) is 1.54. The molecule has 0 fully saturated rings. The lowest BCUT2D eigenvalue weighted by atomic mass is 10.3. The van der Waals surface area contributed by atoms with Crippen LogP contribution >= 0.6 is 22.9 Å². The predicted molar refractivity (Wildman–Crippen MR) is 82.6 cm³/mol. The molecule has 6 heteroatoms. The van der Waals surface area contributed by atoms with Gasteiger partial charge in [-0.05, 0) is 25.5 Å². The molecule has 0 aliphatic carbocycles. The highest BCUT2D eigenvalue weighted by Crippen LogP contribution is 2.20. The molecule has 0 aromatic carbocycles. The van der Waals surface area contributed by atoms with Gasteiger partial charge in [0.05, 0.1) is 11.6 Å². The smallest absolute Gasteiger partial charge is 0.160 e. The summed E-state index contributed by atoms with van der Waals surface area (Å²) in [5, 5.41) is 1.08. The van der Waals surface area contributed by atoms with E-state index in [1.54, 1.807) is 11.3 Å². The first-order chi connectivity index (χ1) is 9.67. The third-order valence-electron chi connectivity index (χ3n) is 3.10. The fourth-order valence-corrected chi connectivity index (χ4v) is 3.19. The summed E-state index contributed by atoms with van der Waals surface area (Å²) >= 11 is 7.59. The van der Waals surface area contributed by atoms with Crippen molar-refractivity contribution in [3.05, 3.63) is 39.7 Å². The Bertz CT molecular complexity index is 747. The molecule has 104 valence electrons. The second kappa shape index (κ2) is 5.50. The van der Waals surface area contributed by atoms with Gasteiger partial charge in [-0.25, -0.2) is 15.0 Å². The molecule has 0 spiro atoms. The topological polar surface area (TPSA) is 43.6 Å². The molecule has 3 rings (SSSR count). The van der Waals surface area contributed by atoms with Gasteiger partial charge >= 0.3 is 0 Å². The van der Waals surface area contributed by atoms with Crippen LogP contribution in [0.15, 0.2) is 18.5 Å². The fourth-order valence-electron chi connectivity index (χ4n) is 2.23. The van der Waals surface area contributed by atoms with Crippen LogP contribution in [0.5, 0.6) is 0 Å². The van der Waals surface area contributed by atoms with Crippen molar-refractivity contribution in [3.63, 3.8) is 0 Å². The van der Waals surface area contributed by atoms with E-state index >= 15 is 0 Å². The van der Waals surface area contributed by atoms with Gasteiger partial charge in [0.15, 0.2) is 5.65 Å². The summed E-state index contributed by atoms with van der Waals surface area (Å²) in [4.78, 5) is 14.7. The maximum Gasteiger partial charge on any atom is 0.160 e. The summed E-state index contributed by atoms with van der Waals surface area (Å²) in [6.45, 7) is 4.80. The number of nitrogens with zero attached hydrogens (tertiary/aromatic N) is 4. The molecule has 0 saturated heterocycles. The van der Waals surface area contributed by atoms with E-state index in [1.807, 2.05) is 26.2 Å². The average Bonchev–Trinajstić information content (AvgIpc) is 2.95. The minimum atomic E-state index is 0.560. The quantitative estimate of drug-likeness (QED) is 0.694. The van der Waals surface area contributed by atoms with E-state index in [1.165, 1.54) is 4.88 Å². The zero-order valence-corrected chi connectivity index (χ0v) is 13.0. The van der Waals surface area contributed by atoms with Crippen molar-refractivity contribution < 1.29 is 0 Å². The molecule has 0 aliphatic heterocycles. The van der Waals surface area contributed by atoms with Gasteiger partial charge < -0.3 is 4.57 Å². The minimum Gasteiger partial charge on any atom is -0.307 e. The van der Waals surface area contributed by atoms with E-state index < -0.39 is 0 Å². The first-order valence-corrected chi connectivity index (χ1v) is 7.81. The number of halogens is 1. The number of thiazole rings is 1. The Morgan fingerprint density at radius 3 is 2.80 bits per heavy atom. The van der Waals surface area contributed by atoms with Crippen molar-refractivity contribution in [3.8, 4) is 0 Å². The van der Waals surface area contributed by atoms with E-state index in [0.717, 1.165) is 40.5 Å². The van der Waals surface area contributed by atoms with Gasteiger partial charge in [-0.1, -0.05) is 0 Å². The van der Waals surface area contributed by atoms with E-state index in [4.69, 9.17) is 11.6 Å². The van der Waals surface area contributed by atoms with Gasteiger partial charge in [0, 0.05) is 29.6 Å². The fraction of sp³-hybridized carbons (Fsp3) is 0.357. The van der Waals surface area contributed by atoms with Crippen molar-refractivity contribution in [2.75, 3.05) is 5.88 Å². The van der Waals surface area contributed by atoms with Crippen LogP contribution in [0.4, 0.5) is 0 Å². The lowest BCUT2D eigenvalue weighted by Gasteiger charge is -2.05. The van der Waals surface area contributed by atoms with Crippen LogP contribution in [-0.2, 0) is 13.0 Å². The van der Waals surface area contributed by atoms with Crippen LogP contribution < -0.4 is 0 Å². The van der Waals surface area contributed by atoms with Crippen LogP contribution in [-0.4, -0.2) is 25.4 Å². The first-order valence-electron chi connectivity index (χ1n) is 6.46. The van der Waals surface area contributed by atoms with Gasteiger partial charge in [0.1, 0.15) is 11.3 Å². The van der Waals surface area contributed by atoms with Gasteiger partial charge in [-0.2, -0.15) is 0 Å².